The van der Waals surface area contributed by atoms with Gasteiger partial charge in [-0.25, -0.2) is 0 Å². The first-order valence-electron chi connectivity index (χ1n) is 1.89. The Morgan fingerprint density at radius 1 is 0.571 bits per heavy atom. The third-order valence-electron chi connectivity index (χ3n) is 0. The Hall–Kier alpha value is 2.06. The molecule has 8 nitrogen and oxygen atoms in total. The van der Waals surface area contributed by atoms with Crippen LogP contribution < -0.4 is 46.2 Å². The molecule has 0 saturated carbocycles. The molecule has 0 bridgehead atoms. The first-order chi connectivity index (χ1) is 5.66. The molecule has 0 aliphatic rings. The standard InChI is InChI=1S/5Al.Na.8O/q;;;;+3;+1;;;;;4*-1. The van der Waals surface area contributed by atoms with Crippen LogP contribution in [0.3, 0.4) is 0 Å². The summed E-state index contributed by atoms with van der Waals surface area (Å²) in [5, 5.41) is 0. The fraction of sp³-hybridized carbons (Fsp3) is 0. The predicted octanol–water partition coefficient (Wildman–Crippen LogP) is -10.1. The van der Waals surface area contributed by atoms with Crippen LogP contribution in [0.15, 0.2) is 0 Å². The zero-order chi connectivity index (χ0) is 10.8. The van der Waals surface area contributed by atoms with Gasteiger partial charge in [-0.15, -0.1) is 0 Å². The van der Waals surface area contributed by atoms with E-state index in [2.05, 4.69) is 0 Å². The van der Waals surface area contributed by atoms with Crippen LogP contribution in [-0.2, 0) is 15.2 Å². The van der Waals surface area contributed by atoms with Crippen LogP contribution in [0, 0.1) is 0 Å². The molecule has 0 amide bonds. The molecule has 14 heteroatoms. The fourth-order valence-corrected chi connectivity index (χ4v) is 0. The normalized spacial score (nSPS) is 2.29. The van der Waals surface area contributed by atoms with Gasteiger partial charge in [-0.3, -0.25) is 0 Å². The van der Waals surface area contributed by atoms with E-state index in [9.17, 15) is 0 Å². The maximum atomic E-state index is 8.46. The van der Waals surface area contributed by atoms with Crippen LogP contribution in [0.2, 0.25) is 0 Å². The van der Waals surface area contributed by atoms with Crippen molar-refractivity contribution in [2.24, 2.45) is 0 Å². The Labute approximate surface area is 139 Å². The van der Waals surface area contributed by atoms with Gasteiger partial charge in [0.2, 0.25) is 0 Å². The molecule has 0 aliphatic heterocycles. The van der Waals surface area contributed by atoms with E-state index < -0.39 is 61.9 Å². The first-order valence-corrected chi connectivity index (χ1v) is 5.66. The molecule has 0 unspecified atom stereocenters. The van der Waals surface area contributed by atoms with Crippen LogP contribution in [0.25, 0.3) is 0 Å². The van der Waals surface area contributed by atoms with Gasteiger partial charge in [0.25, 0.3) is 0 Å². The van der Waals surface area contributed by atoms with Crippen molar-refractivity contribution in [2.75, 3.05) is 0 Å². The van der Waals surface area contributed by atoms with E-state index in [1.54, 1.807) is 0 Å². The van der Waals surface area contributed by atoms with Gasteiger partial charge in [0.15, 0.2) is 0 Å². The van der Waals surface area contributed by atoms with Crippen molar-refractivity contribution in [3.63, 3.8) is 0 Å². The summed E-state index contributed by atoms with van der Waals surface area (Å²) >= 11 is -7.00. The maximum absolute atomic E-state index is 8.46. The van der Waals surface area contributed by atoms with Crippen LogP contribution in [-0.4, -0.2) is 79.3 Å². The molecule has 0 N–H and O–H groups in total. The molecule has 0 heterocycles. The number of rotatable bonds is 0. The van der Waals surface area contributed by atoms with Gasteiger partial charge in [0, 0.05) is 0 Å². The average molecular weight is 286 g/mol. The molecule has 14 heavy (non-hydrogen) atoms. The molecule has 0 saturated heterocycles. The molecule has 0 atom stereocenters. The second kappa shape index (κ2) is 81.0. The van der Waals surface area contributed by atoms with Crippen molar-refractivity contribution < 1.29 is 61.4 Å². The summed E-state index contributed by atoms with van der Waals surface area (Å²) in [6.45, 7) is 0. The molecule has 64 valence electrons. The van der Waals surface area contributed by atoms with Crippen molar-refractivity contribution in [3.8, 4) is 0 Å². The Bertz CT molecular complexity index is 71.7. The van der Waals surface area contributed by atoms with Gasteiger partial charge >= 0.3 is 141 Å². The Kier molecular flexibility index (Phi) is 208. The van der Waals surface area contributed by atoms with Gasteiger partial charge in [-0.05, 0) is 0 Å². The van der Waals surface area contributed by atoms with Crippen molar-refractivity contribution in [1.82, 2.24) is 0 Å². The monoisotopic (exact) mass is 286 g/mol. The summed E-state index contributed by atoms with van der Waals surface area (Å²) in [4.78, 5) is 0. The van der Waals surface area contributed by atoms with E-state index in [-0.39, 0.29) is 46.9 Å². The van der Waals surface area contributed by atoms with Crippen LogP contribution in [0.5, 0.6) is 0 Å². The number of hydrogen-bond donors (Lipinski definition) is 0. The van der Waals surface area contributed by atoms with Crippen molar-refractivity contribution in [1.29, 1.82) is 0 Å². The van der Waals surface area contributed by atoms with Gasteiger partial charge in [-0.2, -0.15) is 0 Å². The Balaban J connectivity index is -0.0000000145. The minimum atomic E-state index is -1.75. The van der Waals surface area contributed by atoms with E-state index in [1.807, 2.05) is 0 Å². The molecule has 0 aromatic rings. The van der Waals surface area contributed by atoms with Gasteiger partial charge < -0.3 is 0 Å². The summed E-state index contributed by atoms with van der Waals surface area (Å²) in [5.74, 6) is 0. The Morgan fingerprint density at radius 3 is 0.571 bits per heavy atom. The van der Waals surface area contributed by atoms with E-state index in [0.29, 0.717) is 0 Å². The van der Waals surface area contributed by atoms with Gasteiger partial charge in [0.05, 0.1) is 0 Å². The molecule has 0 radical (unpaired) electrons. The van der Waals surface area contributed by atoms with E-state index in [4.69, 9.17) is 31.8 Å². The summed E-state index contributed by atoms with van der Waals surface area (Å²) in [6.07, 6.45) is 0. The van der Waals surface area contributed by atoms with Crippen LogP contribution >= 0.6 is 0 Å². The fourth-order valence-electron chi connectivity index (χ4n) is 0. The third-order valence-corrected chi connectivity index (χ3v) is 0. The average Bonchev–Trinajstić information content (AvgIpc) is 1.92. The molecular formula is Al5NaO8. The Morgan fingerprint density at radius 2 is 0.571 bits per heavy atom. The summed E-state index contributed by atoms with van der Waals surface area (Å²) in [6, 6.07) is 0. The molecule has 0 aliphatic carbocycles. The van der Waals surface area contributed by atoms with Gasteiger partial charge in [-0.1, -0.05) is 0 Å². The third kappa shape index (κ3) is 564. The summed E-state index contributed by atoms with van der Waals surface area (Å²) in [7, 11) is 0. The summed E-state index contributed by atoms with van der Waals surface area (Å²) in [5.41, 5.74) is 0. The quantitative estimate of drug-likeness (QED) is 0.396. The molecule has 0 aromatic heterocycles. The summed E-state index contributed by atoms with van der Waals surface area (Å²) < 4.78 is 67.7. The van der Waals surface area contributed by atoms with Crippen molar-refractivity contribution >= 4 is 79.3 Å². The van der Waals surface area contributed by atoms with Crippen molar-refractivity contribution in [2.45, 2.75) is 0 Å². The second-order valence-electron chi connectivity index (χ2n) is 0.385. The molecule has 0 aromatic carbocycles. The zero-order valence-electron chi connectivity index (χ0n) is 7.15. The minimum absolute atomic E-state index is 0. The molecule has 0 fully saturated rings. The second-order valence-corrected chi connectivity index (χ2v) is 1.15. The van der Waals surface area contributed by atoms with Gasteiger partial charge in [0.1, 0.15) is 0 Å². The predicted molar refractivity (Wildman–Crippen MR) is 31.5 cm³/mol. The molecule has 0 spiro atoms. The zero-order valence-corrected chi connectivity index (χ0v) is 14.9. The molecular weight excluding hydrogens is 286 g/mol. The van der Waals surface area contributed by atoms with E-state index in [1.165, 1.54) is 0 Å². The van der Waals surface area contributed by atoms with Crippen LogP contribution in [0.4, 0.5) is 0 Å². The molecule has 0 rings (SSSR count). The van der Waals surface area contributed by atoms with E-state index >= 15 is 0 Å². The number of hydrogen-bond acceptors (Lipinski definition) is 8. The van der Waals surface area contributed by atoms with Crippen molar-refractivity contribution in [3.05, 3.63) is 0 Å². The SMILES string of the molecule is [Al+3].[Na+].[O]=[Al][O-].[O]=[Al][O-].[O]=[Al][O-].[O]=[Al][O-]. The first kappa shape index (κ1) is 36.0. The topological polar surface area (TPSA) is 161 Å². The van der Waals surface area contributed by atoms with E-state index in [0.717, 1.165) is 0 Å². The van der Waals surface area contributed by atoms with Crippen LogP contribution in [0.1, 0.15) is 0 Å².